The van der Waals surface area contributed by atoms with E-state index in [1.54, 1.807) is 25.6 Å². The van der Waals surface area contributed by atoms with Crippen LogP contribution in [0.5, 0.6) is 5.75 Å². The highest BCUT2D eigenvalue weighted by molar-refractivity contribution is 5.99. The van der Waals surface area contributed by atoms with E-state index in [1.165, 1.54) is 12.1 Å². The smallest absolute Gasteiger partial charge is 0.250 e. The molecule has 168 valence electrons. The van der Waals surface area contributed by atoms with Gasteiger partial charge in [0.05, 0.1) is 30.9 Å². The van der Waals surface area contributed by atoms with Gasteiger partial charge in [0.1, 0.15) is 11.6 Å². The maximum Gasteiger partial charge on any atom is 0.250 e. The van der Waals surface area contributed by atoms with Gasteiger partial charge in [-0.15, -0.1) is 0 Å². The number of carbonyl (C=O) groups is 1. The zero-order valence-corrected chi connectivity index (χ0v) is 18.7. The quantitative estimate of drug-likeness (QED) is 0.400. The molecule has 6 heteroatoms. The molecule has 5 rings (SSSR count). The fourth-order valence-corrected chi connectivity index (χ4v) is 4.76. The lowest BCUT2D eigenvalue weighted by Gasteiger charge is -2.43. The van der Waals surface area contributed by atoms with Crippen molar-refractivity contribution in [2.24, 2.45) is 0 Å². The zero-order chi connectivity index (χ0) is 22.9. The van der Waals surface area contributed by atoms with Gasteiger partial charge in [-0.05, 0) is 67.7 Å². The molecule has 0 radical (unpaired) electrons. The van der Waals surface area contributed by atoms with Gasteiger partial charge in [-0.2, -0.15) is 0 Å². The van der Waals surface area contributed by atoms with Gasteiger partial charge in [0.25, 0.3) is 5.91 Å². The Hall–Kier alpha value is -3.67. The number of aryl methyl sites for hydroxylation is 1. The number of benzene rings is 2. The summed E-state index contributed by atoms with van der Waals surface area (Å²) in [6.07, 6.45) is 12.3. The van der Waals surface area contributed by atoms with E-state index in [1.807, 2.05) is 46.9 Å². The Balaban J connectivity index is 1.45. The minimum atomic E-state index is -0.274. The summed E-state index contributed by atoms with van der Waals surface area (Å²) in [6, 6.07) is 12.3. The molecule has 0 spiro atoms. The summed E-state index contributed by atoms with van der Waals surface area (Å²) in [5.74, 6) is 0.482. The van der Waals surface area contributed by atoms with Crippen molar-refractivity contribution in [1.82, 2.24) is 14.5 Å². The topological polar surface area (TPSA) is 47.4 Å². The molecule has 2 aliphatic heterocycles. The molecule has 1 aromatic heterocycles. The second-order valence-corrected chi connectivity index (χ2v) is 8.59. The van der Waals surface area contributed by atoms with Gasteiger partial charge in [-0.3, -0.25) is 4.79 Å². The van der Waals surface area contributed by atoms with Crippen LogP contribution in [0.15, 0.2) is 72.7 Å². The lowest BCUT2D eigenvalue weighted by Crippen LogP contribution is -2.47. The van der Waals surface area contributed by atoms with Crippen LogP contribution in [-0.2, 0) is 4.79 Å². The fourth-order valence-electron chi connectivity index (χ4n) is 4.76. The summed E-state index contributed by atoms with van der Waals surface area (Å²) >= 11 is 0. The number of rotatable bonds is 4. The molecule has 3 heterocycles. The molecule has 2 atom stereocenters. The van der Waals surface area contributed by atoms with Crippen LogP contribution in [0.4, 0.5) is 4.39 Å². The molecule has 1 fully saturated rings. The van der Waals surface area contributed by atoms with E-state index in [0.29, 0.717) is 5.75 Å². The van der Waals surface area contributed by atoms with E-state index in [4.69, 9.17) is 4.74 Å². The summed E-state index contributed by atoms with van der Waals surface area (Å²) < 4.78 is 21.0. The van der Waals surface area contributed by atoms with Crippen molar-refractivity contribution in [2.75, 3.05) is 7.11 Å². The van der Waals surface area contributed by atoms with E-state index in [9.17, 15) is 9.18 Å². The number of halogens is 1. The average molecular weight is 444 g/mol. The molecule has 0 saturated carbocycles. The van der Waals surface area contributed by atoms with Crippen LogP contribution >= 0.6 is 0 Å². The van der Waals surface area contributed by atoms with Gasteiger partial charge in [0.15, 0.2) is 0 Å². The van der Waals surface area contributed by atoms with Gasteiger partial charge in [0.2, 0.25) is 0 Å². The molecule has 2 aliphatic rings. The third-order valence-electron chi connectivity index (χ3n) is 6.42. The monoisotopic (exact) mass is 443 g/mol. The van der Waals surface area contributed by atoms with Crippen molar-refractivity contribution in [1.29, 1.82) is 0 Å². The van der Waals surface area contributed by atoms with E-state index < -0.39 is 0 Å². The molecule has 2 aromatic carbocycles. The van der Waals surface area contributed by atoms with Crippen molar-refractivity contribution in [3.8, 4) is 11.4 Å². The van der Waals surface area contributed by atoms with Crippen LogP contribution < -0.4 is 4.74 Å². The molecule has 0 N–H and O–H groups in total. The predicted molar refractivity (Wildman–Crippen MR) is 126 cm³/mol. The number of amides is 1. The predicted octanol–water partition coefficient (Wildman–Crippen LogP) is 5.40. The van der Waals surface area contributed by atoms with Crippen molar-refractivity contribution >= 4 is 12.0 Å². The number of aromatic nitrogens is 2. The highest BCUT2D eigenvalue weighted by Gasteiger charge is 2.37. The molecule has 3 aromatic rings. The number of hydrogen-bond acceptors (Lipinski definition) is 3. The summed E-state index contributed by atoms with van der Waals surface area (Å²) in [4.78, 5) is 19.8. The highest BCUT2D eigenvalue weighted by Crippen LogP contribution is 2.38. The first-order chi connectivity index (χ1) is 16.0. The minimum absolute atomic E-state index is 0.0400. The fraction of sp³-hybridized carbons (Fsp3) is 0.259. The molecular weight excluding hydrogens is 417 g/mol. The van der Waals surface area contributed by atoms with Crippen molar-refractivity contribution in [3.05, 3.63) is 95.4 Å². The number of methoxy groups -OCH3 is 1. The first-order valence-corrected chi connectivity index (χ1v) is 11.2. The van der Waals surface area contributed by atoms with Gasteiger partial charge >= 0.3 is 0 Å². The number of fused-ring (bicyclic) bond motifs is 1. The van der Waals surface area contributed by atoms with E-state index in [0.717, 1.165) is 47.3 Å². The average Bonchev–Trinajstić information content (AvgIpc) is 3.27. The van der Waals surface area contributed by atoms with Gasteiger partial charge in [-0.1, -0.05) is 30.4 Å². The Morgan fingerprint density at radius 1 is 1.18 bits per heavy atom. The number of imidazole rings is 1. The van der Waals surface area contributed by atoms with E-state index in [2.05, 4.69) is 17.1 Å². The van der Waals surface area contributed by atoms with Crippen LogP contribution in [0.2, 0.25) is 0 Å². The second-order valence-electron chi connectivity index (χ2n) is 8.59. The summed E-state index contributed by atoms with van der Waals surface area (Å²) in [7, 11) is 1.64. The van der Waals surface area contributed by atoms with Crippen molar-refractivity contribution in [2.45, 2.75) is 38.3 Å². The Kier molecular flexibility index (Phi) is 5.58. The molecule has 0 unspecified atom stereocenters. The molecule has 1 amide bonds. The summed E-state index contributed by atoms with van der Waals surface area (Å²) in [6.45, 7) is 1.94. The maximum atomic E-state index is 13.6. The lowest BCUT2D eigenvalue weighted by molar-refractivity contribution is -0.133. The van der Waals surface area contributed by atoms with Gasteiger partial charge in [0, 0.05) is 17.8 Å². The highest BCUT2D eigenvalue weighted by atomic mass is 19.1. The van der Waals surface area contributed by atoms with Gasteiger partial charge < -0.3 is 14.2 Å². The Bertz CT molecular complexity index is 1240. The zero-order valence-electron chi connectivity index (χ0n) is 18.7. The maximum absolute atomic E-state index is 13.6. The largest absolute Gasteiger partial charge is 0.495 e. The van der Waals surface area contributed by atoms with Crippen LogP contribution in [0.1, 0.15) is 42.1 Å². The first-order valence-electron chi connectivity index (χ1n) is 11.2. The number of hydrogen-bond donors (Lipinski definition) is 0. The Labute approximate surface area is 192 Å². The van der Waals surface area contributed by atoms with Gasteiger partial charge in [-0.25, -0.2) is 9.37 Å². The number of carbonyl (C=O) groups excluding carboxylic acids is 1. The third kappa shape index (κ3) is 4.09. The standard InChI is InChI=1S/C27H26FN3O2/c1-18-16-30(17-29-18)25-13-6-19(15-26(25)33-2)14-21-9-12-23-4-3-5-24(31(23)27(21)32)20-7-10-22(28)11-8-20/h3,5-8,10-11,13-17,23-24H,4,9,12H2,1-2H3/t23-,24-/m0/s1. The van der Waals surface area contributed by atoms with E-state index in [-0.39, 0.29) is 23.8 Å². The van der Waals surface area contributed by atoms with Crippen LogP contribution in [0.25, 0.3) is 11.8 Å². The van der Waals surface area contributed by atoms with Crippen LogP contribution in [0, 0.1) is 12.7 Å². The second kappa shape index (κ2) is 8.70. The number of nitrogens with zero attached hydrogens (tertiary/aromatic N) is 3. The SMILES string of the molecule is COc1cc(C=C2CC[C@@H]3CC=C[C@@H](c4ccc(F)cc4)N3C2=O)ccc1-n1cnc(C)c1. The molecule has 0 aliphatic carbocycles. The molecule has 0 bridgehead atoms. The van der Waals surface area contributed by atoms with Crippen LogP contribution in [-0.4, -0.2) is 33.5 Å². The first kappa shape index (κ1) is 21.2. The van der Waals surface area contributed by atoms with Crippen LogP contribution in [0.3, 0.4) is 0 Å². The van der Waals surface area contributed by atoms with E-state index >= 15 is 0 Å². The molecular formula is C27H26FN3O2. The summed E-state index contributed by atoms with van der Waals surface area (Å²) in [5, 5.41) is 0. The molecule has 5 nitrogen and oxygen atoms in total. The molecule has 1 saturated heterocycles. The van der Waals surface area contributed by atoms with Crippen molar-refractivity contribution < 1.29 is 13.9 Å². The van der Waals surface area contributed by atoms with Crippen molar-refractivity contribution in [3.63, 3.8) is 0 Å². The Morgan fingerprint density at radius 3 is 2.73 bits per heavy atom. The Morgan fingerprint density at radius 2 is 2.00 bits per heavy atom. The number of ether oxygens (including phenoxy) is 1. The summed E-state index contributed by atoms with van der Waals surface area (Å²) in [5.41, 5.74) is 4.44. The number of piperidine rings is 1. The normalized spacial score (nSPS) is 21.4. The minimum Gasteiger partial charge on any atom is -0.495 e. The molecule has 33 heavy (non-hydrogen) atoms. The third-order valence-corrected chi connectivity index (χ3v) is 6.42. The lowest BCUT2D eigenvalue weighted by atomic mass is 9.87.